The SMILES string of the molecule is COc1cc(/C=C/C(F)(F)Nc2ccccc2C(=O)O)ccc1O. The average molecular weight is 335 g/mol. The number of carboxylic acids is 1. The number of hydrogen-bond acceptors (Lipinski definition) is 4. The number of benzene rings is 2. The topological polar surface area (TPSA) is 78.8 Å². The molecule has 2 aromatic rings. The molecule has 0 saturated carbocycles. The van der Waals surface area contributed by atoms with Gasteiger partial charge in [-0.2, -0.15) is 8.78 Å². The Hall–Kier alpha value is -3.09. The van der Waals surface area contributed by atoms with Crippen LogP contribution in [0, 0.1) is 0 Å². The molecule has 3 N–H and O–H groups in total. The standard InChI is InChI=1S/C17H15F2NO4/c1-24-15-10-11(6-7-14(15)21)8-9-17(18,19)20-13-5-3-2-4-12(13)16(22)23/h2-10,20-21H,1H3,(H,22,23)/b9-8+. The van der Waals surface area contributed by atoms with Crippen LogP contribution in [-0.4, -0.2) is 29.3 Å². The van der Waals surface area contributed by atoms with Crippen molar-refractivity contribution in [1.82, 2.24) is 0 Å². The summed E-state index contributed by atoms with van der Waals surface area (Å²) in [7, 11) is 1.35. The Morgan fingerprint density at radius 1 is 1.25 bits per heavy atom. The van der Waals surface area contributed by atoms with Crippen molar-refractivity contribution in [3.05, 3.63) is 59.7 Å². The summed E-state index contributed by atoms with van der Waals surface area (Å²) in [5, 5.41) is 20.4. The number of rotatable bonds is 6. The Morgan fingerprint density at radius 2 is 1.96 bits per heavy atom. The first-order chi connectivity index (χ1) is 11.3. The summed E-state index contributed by atoms with van der Waals surface area (Å²) in [6.07, 6.45) is 1.73. The lowest BCUT2D eigenvalue weighted by Gasteiger charge is -2.17. The lowest BCUT2D eigenvalue weighted by Crippen LogP contribution is -2.25. The van der Waals surface area contributed by atoms with Crippen LogP contribution in [0.4, 0.5) is 14.5 Å². The van der Waals surface area contributed by atoms with Crippen LogP contribution in [0.25, 0.3) is 6.08 Å². The van der Waals surface area contributed by atoms with Gasteiger partial charge in [-0.1, -0.05) is 24.3 Å². The second-order valence-electron chi connectivity index (χ2n) is 4.86. The molecule has 0 aromatic heterocycles. The van der Waals surface area contributed by atoms with Gasteiger partial charge in [0.2, 0.25) is 0 Å². The minimum absolute atomic E-state index is 0.102. The summed E-state index contributed by atoms with van der Waals surface area (Å²) < 4.78 is 33.0. The van der Waals surface area contributed by atoms with E-state index in [0.29, 0.717) is 11.6 Å². The van der Waals surface area contributed by atoms with E-state index in [4.69, 9.17) is 9.84 Å². The average Bonchev–Trinajstić information content (AvgIpc) is 2.54. The Labute approximate surface area is 136 Å². The summed E-state index contributed by atoms with van der Waals surface area (Å²) >= 11 is 0. The van der Waals surface area contributed by atoms with Gasteiger partial charge >= 0.3 is 12.0 Å². The molecule has 0 spiro atoms. The van der Waals surface area contributed by atoms with Crippen molar-refractivity contribution in [2.75, 3.05) is 12.4 Å². The molecule has 0 saturated heterocycles. The van der Waals surface area contributed by atoms with Crippen LogP contribution in [0.3, 0.4) is 0 Å². The van der Waals surface area contributed by atoms with Gasteiger partial charge in [0.15, 0.2) is 11.5 Å². The van der Waals surface area contributed by atoms with Crippen LogP contribution in [-0.2, 0) is 0 Å². The first-order valence-corrected chi connectivity index (χ1v) is 6.87. The van der Waals surface area contributed by atoms with Gasteiger partial charge in [0.25, 0.3) is 0 Å². The first-order valence-electron chi connectivity index (χ1n) is 6.87. The highest BCUT2D eigenvalue weighted by Crippen LogP contribution is 2.28. The van der Waals surface area contributed by atoms with Crippen LogP contribution in [0.5, 0.6) is 11.5 Å². The monoisotopic (exact) mass is 335 g/mol. The first kappa shape index (κ1) is 17.3. The quantitative estimate of drug-likeness (QED) is 0.700. The van der Waals surface area contributed by atoms with Gasteiger partial charge in [0.1, 0.15) is 0 Å². The molecule has 0 radical (unpaired) electrons. The molecule has 0 aliphatic rings. The van der Waals surface area contributed by atoms with E-state index >= 15 is 0 Å². The van der Waals surface area contributed by atoms with Crippen LogP contribution >= 0.6 is 0 Å². The maximum atomic E-state index is 14.0. The van der Waals surface area contributed by atoms with Gasteiger partial charge < -0.3 is 20.3 Å². The number of methoxy groups -OCH3 is 1. The van der Waals surface area contributed by atoms with E-state index < -0.39 is 12.0 Å². The molecule has 0 aliphatic heterocycles. The molecule has 0 aliphatic carbocycles. The highest BCUT2D eigenvalue weighted by Gasteiger charge is 2.26. The normalized spacial score (nSPS) is 11.5. The fourth-order valence-corrected chi connectivity index (χ4v) is 2.00. The van der Waals surface area contributed by atoms with Gasteiger partial charge in [0.05, 0.1) is 18.4 Å². The van der Waals surface area contributed by atoms with Gasteiger partial charge in [-0.3, -0.25) is 0 Å². The maximum Gasteiger partial charge on any atom is 0.343 e. The molecule has 0 bridgehead atoms. The summed E-state index contributed by atoms with van der Waals surface area (Å²) in [4.78, 5) is 11.0. The minimum atomic E-state index is -3.48. The van der Waals surface area contributed by atoms with E-state index in [-0.39, 0.29) is 22.7 Å². The van der Waals surface area contributed by atoms with E-state index in [1.807, 2.05) is 5.32 Å². The molecule has 2 rings (SSSR count). The number of carbonyl (C=O) groups is 1. The van der Waals surface area contributed by atoms with Crippen LogP contribution < -0.4 is 10.1 Å². The van der Waals surface area contributed by atoms with E-state index in [2.05, 4.69) is 0 Å². The Balaban J connectivity index is 2.21. The Morgan fingerprint density at radius 3 is 2.62 bits per heavy atom. The van der Waals surface area contributed by atoms with Crippen molar-refractivity contribution >= 4 is 17.7 Å². The summed E-state index contributed by atoms with van der Waals surface area (Å²) in [5.41, 5.74) is -0.0579. The molecule has 0 amide bonds. The van der Waals surface area contributed by atoms with Gasteiger partial charge in [-0.05, 0) is 29.8 Å². The predicted octanol–water partition coefficient (Wildman–Crippen LogP) is 3.82. The molecule has 126 valence electrons. The summed E-state index contributed by atoms with van der Waals surface area (Å²) in [6, 6.07) is 6.08. The van der Waals surface area contributed by atoms with Gasteiger partial charge in [-0.25, -0.2) is 4.79 Å². The molecule has 0 fully saturated rings. The second kappa shape index (κ2) is 6.99. The molecular formula is C17H15F2NO4. The largest absolute Gasteiger partial charge is 0.504 e. The predicted molar refractivity (Wildman–Crippen MR) is 85.7 cm³/mol. The van der Waals surface area contributed by atoms with Crippen molar-refractivity contribution in [3.63, 3.8) is 0 Å². The van der Waals surface area contributed by atoms with E-state index in [0.717, 1.165) is 6.08 Å². The summed E-state index contributed by atoms with van der Waals surface area (Å²) in [5.74, 6) is -1.25. The lowest BCUT2D eigenvalue weighted by molar-refractivity contribution is 0.0695. The number of para-hydroxylation sites is 1. The molecular weight excluding hydrogens is 320 g/mol. The number of hydrogen-bond donors (Lipinski definition) is 3. The Kier molecular flexibility index (Phi) is 5.03. The highest BCUT2D eigenvalue weighted by atomic mass is 19.3. The number of ether oxygens (including phenoxy) is 1. The second-order valence-corrected chi connectivity index (χ2v) is 4.86. The van der Waals surface area contributed by atoms with Crippen LogP contribution in [0.2, 0.25) is 0 Å². The number of phenolic OH excluding ortho intramolecular Hbond substituents is 1. The van der Waals surface area contributed by atoms with Gasteiger partial charge in [0, 0.05) is 6.08 Å². The van der Waals surface area contributed by atoms with E-state index in [1.54, 1.807) is 0 Å². The van der Waals surface area contributed by atoms with Crippen molar-refractivity contribution in [2.45, 2.75) is 6.05 Å². The number of nitrogens with one attached hydrogen (secondary N) is 1. The fraction of sp³-hybridized carbons (Fsp3) is 0.118. The third-order valence-corrected chi connectivity index (χ3v) is 3.15. The molecule has 0 atom stereocenters. The third kappa shape index (κ3) is 4.22. The smallest absolute Gasteiger partial charge is 0.343 e. The lowest BCUT2D eigenvalue weighted by atomic mass is 10.1. The van der Waals surface area contributed by atoms with Crippen molar-refractivity contribution < 1.29 is 28.5 Å². The van der Waals surface area contributed by atoms with E-state index in [9.17, 15) is 18.7 Å². The number of anilines is 1. The molecule has 0 heterocycles. The van der Waals surface area contributed by atoms with E-state index in [1.165, 1.54) is 49.6 Å². The third-order valence-electron chi connectivity index (χ3n) is 3.15. The molecule has 5 nitrogen and oxygen atoms in total. The number of phenols is 1. The number of halogens is 2. The molecule has 24 heavy (non-hydrogen) atoms. The number of aromatic hydroxyl groups is 1. The molecule has 2 aromatic carbocycles. The maximum absolute atomic E-state index is 14.0. The van der Waals surface area contributed by atoms with Crippen molar-refractivity contribution in [1.29, 1.82) is 0 Å². The molecule has 7 heteroatoms. The van der Waals surface area contributed by atoms with Crippen LogP contribution in [0.15, 0.2) is 48.5 Å². The zero-order valence-corrected chi connectivity index (χ0v) is 12.7. The van der Waals surface area contributed by atoms with Gasteiger partial charge in [-0.15, -0.1) is 0 Å². The molecule has 0 unspecified atom stereocenters. The fourth-order valence-electron chi connectivity index (χ4n) is 2.00. The van der Waals surface area contributed by atoms with Crippen molar-refractivity contribution in [2.24, 2.45) is 0 Å². The summed E-state index contributed by atoms with van der Waals surface area (Å²) in [6.45, 7) is 0. The number of alkyl halides is 2. The minimum Gasteiger partial charge on any atom is -0.504 e. The zero-order chi connectivity index (χ0) is 17.7. The zero-order valence-electron chi connectivity index (χ0n) is 12.7. The number of carboxylic acid groups (broad SMARTS) is 1. The van der Waals surface area contributed by atoms with Crippen molar-refractivity contribution in [3.8, 4) is 11.5 Å². The number of aromatic carboxylic acids is 1. The highest BCUT2D eigenvalue weighted by molar-refractivity contribution is 5.94. The Bertz CT molecular complexity index is 775. The van der Waals surface area contributed by atoms with Crippen LogP contribution in [0.1, 0.15) is 15.9 Å².